The molecule has 2 aromatic rings. The molecule has 10 heteroatoms. The first kappa shape index (κ1) is 16.8. The maximum absolute atomic E-state index is 12.4. The van der Waals surface area contributed by atoms with Gasteiger partial charge in [0.1, 0.15) is 18.1 Å². The normalized spacial score (nSPS) is 13.6. The number of anilines is 1. The molecule has 0 radical (unpaired) electrons. The van der Waals surface area contributed by atoms with Crippen LogP contribution in [0.15, 0.2) is 12.7 Å². The van der Waals surface area contributed by atoms with Crippen LogP contribution in [-0.4, -0.2) is 39.1 Å². The quantitative estimate of drug-likeness (QED) is 0.733. The number of hydrogen-bond donors (Lipinski definition) is 1. The van der Waals surface area contributed by atoms with E-state index in [1.807, 2.05) is 0 Å². The molecular weight excluding hydrogens is 309 g/mol. The van der Waals surface area contributed by atoms with Gasteiger partial charge in [0.05, 0.1) is 19.5 Å². The van der Waals surface area contributed by atoms with Crippen LogP contribution in [0.2, 0.25) is 0 Å². The van der Waals surface area contributed by atoms with Crippen LogP contribution in [0.4, 0.5) is 5.82 Å². The topological polar surface area (TPSA) is 114 Å². The second-order valence-electron chi connectivity index (χ2n) is 4.42. The lowest BCUT2D eigenvalue weighted by molar-refractivity contribution is 0.0330. The number of nitrogens with two attached hydrogens (primary N) is 1. The number of imidazole rings is 1. The molecule has 0 spiro atoms. The average Bonchev–Trinajstić information content (AvgIpc) is 2.91. The summed E-state index contributed by atoms with van der Waals surface area (Å²) in [5, 5.41) is 0. The lowest BCUT2D eigenvalue weighted by Gasteiger charge is -2.20. The molecule has 0 aromatic carbocycles. The van der Waals surface area contributed by atoms with Gasteiger partial charge in [0, 0.05) is 0 Å². The fourth-order valence-corrected chi connectivity index (χ4v) is 3.33. The molecule has 22 heavy (non-hydrogen) atoms. The van der Waals surface area contributed by atoms with Crippen molar-refractivity contribution in [2.45, 2.75) is 27.0 Å². The van der Waals surface area contributed by atoms with E-state index in [1.54, 1.807) is 31.7 Å². The van der Waals surface area contributed by atoms with E-state index in [2.05, 4.69) is 15.0 Å². The zero-order valence-corrected chi connectivity index (χ0v) is 13.7. The Hall–Kier alpha value is -1.54. The summed E-state index contributed by atoms with van der Waals surface area (Å²) in [6, 6.07) is 0. The van der Waals surface area contributed by atoms with Gasteiger partial charge in [-0.15, -0.1) is 0 Å². The number of rotatable bonds is 8. The Morgan fingerprint density at radius 1 is 1.27 bits per heavy atom. The molecule has 1 atom stereocenters. The third kappa shape index (κ3) is 3.61. The van der Waals surface area contributed by atoms with Crippen LogP contribution in [0, 0.1) is 0 Å². The second kappa shape index (κ2) is 7.15. The predicted molar refractivity (Wildman–Crippen MR) is 81.3 cm³/mol. The maximum Gasteiger partial charge on any atom is 0.356 e. The van der Waals surface area contributed by atoms with Crippen LogP contribution in [-0.2, 0) is 18.3 Å². The highest BCUT2D eigenvalue weighted by atomic mass is 31.2. The summed E-state index contributed by atoms with van der Waals surface area (Å²) < 4.78 is 30.0. The smallest absolute Gasteiger partial charge is 0.356 e. The minimum Gasteiger partial charge on any atom is -0.382 e. The second-order valence-corrected chi connectivity index (χ2v) is 6.42. The molecule has 2 aromatic heterocycles. The van der Waals surface area contributed by atoms with Crippen molar-refractivity contribution in [2.24, 2.45) is 0 Å². The molecule has 1 unspecified atom stereocenters. The van der Waals surface area contributed by atoms with Gasteiger partial charge in [0.2, 0.25) is 0 Å². The summed E-state index contributed by atoms with van der Waals surface area (Å²) >= 11 is 0. The third-order valence-corrected chi connectivity index (χ3v) is 4.67. The zero-order valence-electron chi connectivity index (χ0n) is 12.8. The van der Waals surface area contributed by atoms with E-state index in [9.17, 15) is 4.57 Å². The standard InChI is InChI=1S/C12H20N5O4P/c1-4-20-22(18,21-5-2)8-19-9(3)17-7-16-10-11(13)14-6-15-12(10)17/h6-7,9H,4-5,8H2,1-3H3,(H2,13,14,15). The predicted octanol–water partition coefficient (Wildman–Crippen LogP) is 2.17. The van der Waals surface area contributed by atoms with Crippen molar-refractivity contribution in [1.29, 1.82) is 0 Å². The van der Waals surface area contributed by atoms with Crippen molar-refractivity contribution in [3.8, 4) is 0 Å². The molecule has 0 aliphatic rings. The Kier molecular flexibility index (Phi) is 5.47. The Labute approximate surface area is 128 Å². The number of hydrogen-bond acceptors (Lipinski definition) is 8. The SMILES string of the molecule is CCOP(=O)(COC(C)n1cnc2c(N)ncnc21)OCC. The molecule has 0 saturated heterocycles. The Morgan fingerprint density at radius 3 is 2.59 bits per heavy atom. The molecule has 2 N–H and O–H groups in total. The molecule has 0 bridgehead atoms. The summed E-state index contributed by atoms with van der Waals surface area (Å²) in [6.07, 6.45) is 2.28. The van der Waals surface area contributed by atoms with Gasteiger partial charge in [0.25, 0.3) is 0 Å². The van der Waals surface area contributed by atoms with Crippen LogP contribution in [0.1, 0.15) is 27.0 Å². The van der Waals surface area contributed by atoms with Crippen molar-refractivity contribution >= 4 is 24.6 Å². The maximum atomic E-state index is 12.4. The lowest BCUT2D eigenvalue weighted by Crippen LogP contribution is -2.12. The Bertz CT molecular complexity index is 667. The van der Waals surface area contributed by atoms with E-state index in [0.717, 1.165) is 0 Å². The van der Waals surface area contributed by atoms with Crippen molar-refractivity contribution in [3.05, 3.63) is 12.7 Å². The van der Waals surface area contributed by atoms with E-state index in [0.29, 0.717) is 17.0 Å². The summed E-state index contributed by atoms with van der Waals surface area (Å²) in [5.41, 5.74) is 6.78. The highest BCUT2D eigenvalue weighted by Crippen LogP contribution is 2.48. The number of nitrogens with zero attached hydrogens (tertiary/aromatic N) is 4. The third-order valence-electron chi connectivity index (χ3n) is 2.90. The van der Waals surface area contributed by atoms with Crippen LogP contribution < -0.4 is 5.73 Å². The fraction of sp³-hybridized carbons (Fsp3) is 0.583. The molecule has 9 nitrogen and oxygen atoms in total. The molecule has 0 saturated carbocycles. The summed E-state index contributed by atoms with van der Waals surface area (Å²) in [4.78, 5) is 12.2. The first-order chi connectivity index (χ1) is 10.5. The van der Waals surface area contributed by atoms with E-state index < -0.39 is 13.8 Å². The van der Waals surface area contributed by atoms with Gasteiger partial charge in [-0.1, -0.05) is 0 Å². The fourth-order valence-electron chi connectivity index (χ4n) is 1.92. The minimum absolute atomic E-state index is 0.157. The van der Waals surface area contributed by atoms with Crippen LogP contribution in [0.5, 0.6) is 0 Å². The summed E-state index contributed by atoms with van der Waals surface area (Å²) in [5.74, 6) is 0.297. The average molecular weight is 329 g/mol. The molecule has 2 heterocycles. The van der Waals surface area contributed by atoms with E-state index in [-0.39, 0.29) is 19.6 Å². The largest absolute Gasteiger partial charge is 0.382 e. The number of aromatic nitrogens is 4. The monoisotopic (exact) mass is 329 g/mol. The number of ether oxygens (including phenoxy) is 1. The highest BCUT2D eigenvalue weighted by molar-refractivity contribution is 7.53. The first-order valence-corrected chi connectivity index (χ1v) is 8.66. The molecule has 2 rings (SSSR count). The van der Waals surface area contributed by atoms with Crippen LogP contribution >= 0.6 is 7.60 Å². The van der Waals surface area contributed by atoms with Crippen LogP contribution in [0.25, 0.3) is 11.2 Å². The summed E-state index contributed by atoms with van der Waals surface area (Å²) in [7, 11) is -3.26. The number of nitrogen functional groups attached to an aromatic ring is 1. The van der Waals surface area contributed by atoms with Crippen molar-refractivity contribution in [2.75, 3.05) is 25.3 Å². The van der Waals surface area contributed by atoms with Gasteiger partial charge in [-0.2, -0.15) is 0 Å². The van der Waals surface area contributed by atoms with Gasteiger partial charge < -0.3 is 19.5 Å². The molecule has 0 aliphatic heterocycles. The minimum atomic E-state index is -3.26. The molecule has 0 amide bonds. The van der Waals surface area contributed by atoms with E-state index in [1.165, 1.54) is 6.33 Å². The zero-order chi connectivity index (χ0) is 16.2. The molecule has 122 valence electrons. The van der Waals surface area contributed by atoms with E-state index >= 15 is 0 Å². The lowest BCUT2D eigenvalue weighted by atomic mass is 10.5. The number of fused-ring (bicyclic) bond motifs is 1. The van der Waals surface area contributed by atoms with Gasteiger partial charge in [0.15, 0.2) is 17.8 Å². The van der Waals surface area contributed by atoms with Crippen molar-refractivity contribution in [1.82, 2.24) is 19.5 Å². The van der Waals surface area contributed by atoms with Gasteiger partial charge in [-0.3, -0.25) is 9.13 Å². The van der Waals surface area contributed by atoms with Gasteiger partial charge in [-0.05, 0) is 20.8 Å². The first-order valence-electron chi connectivity index (χ1n) is 6.93. The van der Waals surface area contributed by atoms with Gasteiger partial charge >= 0.3 is 7.60 Å². The van der Waals surface area contributed by atoms with E-state index in [4.69, 9.17) is 19.5 Å². The molecule has 0 aliphatic carbocycles. The molecular formula is C12H20N5O4P. The highest BCUT2D eigenvalue weighted by Gasteiger charge is 2.26. The van der Waals surface area contributed by atoms with Crippen molar-refractivity contribution in [3.63, 3.8) is 0 Å². The van der Waals surface area contributed by atoms with Gasteiger partial charge in [-0.25, -0.2) is 15.0 Å². The Balaban J connectivity index is 2.12. The molecule has 0 fully saturated rings. The van der Waals surface area contributed by atoms with Crippen molar-refractivity contribution < 1.29 is 18.3 Å². The van der Waals surface area contributed by atoms with Crippen LogP contribution in [0.3, 0.4) is 0 Å². The summed E-state index contributed by atoms with van der Waals surface area (Å²) in [6.45, 7) is 5.84. The Morgan fingerprint density at radius 2 is 1.95 bits per heavy atom.